The number of nitrogens with one attached hydrogen (secondary N) is 1. The summed E-state index contributed by atoms with van der Waals surface area (Å²) < 4.78 is 7.64. The third kappa shape index (κ3) is 5.05. The summed E-state index contributed by atoms with van der Waals surface area (Å²) in [4.78, 5) is 19.4. The fraction of sp³-hybridized carbons (Fsp3) is 0.560. The highest BCUT2D eigenvalue weighted by molar-refractivity contribution is 5.86. The number of nitrogen functional groups attached to an aromatic ring is 1. The molecule has 2 fully saturated rings. The van der Waals surface area contributed by atoms with Gasteiger partial charge in [0.1, 0.15) is 5.82 Å². The van der Waals surface area contributed by atoms with Gasteiger partial charge in [-0.2, -0.15) is 9.97 Å². The van der Waals surface area contributed by atoms with E-state index in [-0.39, 0.29) is 0 Å². The van der Waals surface area contributed by atoms with Gasteiger partial charge in [-0.05, 0) is 57.8 Å². The zero-order chi connectivity index (χ0) is 24.6. The Bertz CT molecular complexity index is 1170. The standard InChI is InChI=1S/C25H36N8O2/c1-25(2,34)17-8-10-32(11-9-17)16-20-28-21-22(31(20)3)29-24(27-19-7-5-4-6-18(19)26)30-23(21)33-12-14-35-15-13-33/h4-7,17,34H,8-16,26H2,1-3H3,(H,27,29,30). The minimum Gasteiger partial charge on any atom is -0.397 e. The van der Waals surface area contributed by atoms with Crippen molar-refractivity contribution in [3.8, 4) is 0 Å². The summed E-state index contributed by atoms with van der Waals surface area (Å²) in [5, 5.41) is 13.7. The number of hydrogen-bond acceptors (Lipinski definition) is 9. The number of rotatable bonds is 6. The van der Waals surface area contributed by atoms with Crippen molar-refractivity contribution >= 4 is 34.3 Å². The molecule has 4 heterocycles. The number of nitrogens with two attached hydrogens (primary N) is 1. The molecule has 1 aromatic carbocycles. The molecule has 2 saturated heterocycles. The maximum atomic E-state index is 10.4. The molecule has 2 aliphatic rings. The van der Waals surface area contributed by atoms with E-state index in [1.165, 1.54) is 0 Å². The summed E-state index contributed by atoms with van der Waals surface area (Å²) in [6.45, 7) is 9.30. The second-order valence-electron chi connectivity index (χ2n) is 10.1. The fourth-order valence-electron chi connectivity index (χ4n) is 5.01. The van der Waals surface area contributed by atoms with E-state index in [0.29, 0.717) is 30.8 Å². The predicted molar refractivity (Wildman–Crippen MR) is 138 cm³/mol. The molecular formula is C25H36N8O2. The second kappa shape index (κ2) is 9.60. The van der Waals surface area contributed by atoms with E-state index in [0.717, 1.165) is 74.1 Å². The van der Waals surface area contributed by atoms with E-state index in [2.05, 4.69) is 19.7 Å². The van der Waals surface area contributed by atoms with E-state index < -0.39 is 5.60 Å². The molecule has 188 valence electrons. The summed E-state index contributed by atoms with van der Waals surface area (Å²) >= 11 is 0. The third-order valence-electron chi connectivity index (χ3n) is 7.26. The molecule has 0 bridgehead atoms. The highest BCUT2D eigenvalue weighted by Crippen LogP contribution is 2.31. The number of aryl methyl sites for hydroxylation is 1. The van der Waals surface area contributed by atoms with Gasteiger partial charge < -0.3 is 30.4 Å². The number of hydrogen-bond donors (Lipinski definition) is 3. The molecule has 0 radical (unpaired) electrons. The van der Waals surface area contributed by atoms with Crippen molar-refractivity contribution in [1.29, 1.82) is 0 Å². The molecule has 0 aliphatic carbocycles. The van der Waals surface area contributed by atoms with Crippen molar-refractivity contribution in [3.63, 3.8) is 0 Å². The molecule has 10 heteroatoms. The number of morpholine rings is 1. The first-order chi connectivity index (χ1) is 16.8. The van der Waals surface area contributed by atoms with Crippen molar-refractivity contribution < 1.29 is 9.84 Å². The molecule has 0 spiro atoms. The van der Waals surface area contributed by atoms with E-state index in [1.54, 1.807) is 0 Å². The topological polar surface area (TPSA) is 118 Å². The smallest absolute Gasteiger partial charge is 0.231 e. The number of benzene rings is 1. The van der Waals surface area contributed by atoms with Gasteiger partial charge in [0.2, 0.25) is 5.95 Å². The number of anilines is 4. The average molecular weight is 481 g/mol. The Balaban J connectivity index is 1.45. The molecule has 35 heavy (non-hydrogen) atoms. The van der Waals surface area contributed by atoms with Crippen LogP contribution in [0.25, 0.3) is 11.2 Å². The minimum absolute atomic E-state index is 0.331. The van der Waals surface area contributed by atoms with Gasteiger partial charge in [-0.15, -0.1) is 0 Å². The summed E-state index contributed by atoms with van der Waals surface area (Å²) in [7, 11) is 2.02. The first-order valence-corrected chi connectivity index (χ1v) is 12.4. The summed E-state index contributed by atoms with van der Waals surface area (Å²) in [5.74, 6) is 2.61. The lowest BCUT2D eigenvalue weighted by molar-refractivity contribution is -0.0139. The van der Waals surface area contributed by atoms with Gasteiger partial charge in [-0.3, -0.25) is 4.90 Å². The van der Waals surface area contributed by atoms with E-state index >= 15 is 0 Å². The van der Waals surface area contributed by atoms with E-state index in [4.69, 9.17) is 25.4 Å². The van der Waals surface area contributed by atoms with Crippen LogP contribution in [-0.2, 0) is 18.3 Å². The van der Waals surface area contributed by atoms with Crippen molar-refractivity contribution in [3.05, 3.63) is 30.1 Å². The Kier molecular flexibility index (Phi) is 6.52. The van der Waals surface area contributed by atoms with Crippen LogP contribution < -0.4 is 16.0 Å². The molecule has 0 amide bonds. The number of nitrogens with zero attached hydrogens (tertiary/aromatic N) is 6. The van der Waals surface area contributed by atoms with Crippen LogP contribution in [0.4, 0.5) is 23.1 Å². The Labute approximate surface area is 206 Å². The van der Waals surface area contributed by atoms with Crippen LogP contribution in [0.2, 0.25) is 0 Å². The van der Waals surface area contributed by atoms with Gasteiger partial charge in [0.05, 0.1) is 36.7 Å². The molecule has 0 atom stereocenters. The van der Waals surface area contributed by atoms with Crippen LogP contribution in [-0.4, -0.2) is 74.5 Å². The lowest BCUT2D eigenvalue weighted by atomic mass is 9.83. The Morgan fingerprint density at radius 1 is 1.09 bits per heavy atom. The minimum atomic E-state index is -0.627. The van der Waals surface area contributed by atoms with E-state index in [9.17, 15) is 5.11 Å². The van der Waals surface area contributed by atoms with Gasteiger partial charge in [-0.25, -0.2) is 4.98 Å². The van der Waals surface area contributed by atoms with Crippen LogP contribution in [0.5, 0.6) is 0 Å². The van der Waals surface area contributed by atoms with Crippen molar-refractivity contribution in [2.75, 3.05) is 55.3 Å². The Hall–Kier alpha value is -2.95. The normalized spacial score (nSPS) is 18.3. The van der Waals surface area contributed by atoms with Crippen LogP contribution >= 0.6 is 0 Å². The number of para-hydroxylation sites is 2. The number of imidazole rings is 1. The lowest BCUT2D eigenvalue weighted by Crippen LogP contribution is -2.41. The van der Waals surface area contributed by atoms with Gasteiger partial charge in [0.15, 0.2) is 17.0 Å². The number of aliphatic hydroxyl groups is 1. The average Bonchev–Trinajstić information content (AvgIpc) is 3.15. The van der Waals surface area contributed by atoms with Crippen molar-refractivity contribution in [1.82, 2.24) is 24.4 Å². The van der Waals surface area contributed by atoms with Gasteiger partial charge in [-0.1, -0.05) is 12.1 Å². The number of fused-ring (bicyclic) bond motifs is 1. The molecule has 4 N–H and O–H groups in total. The molecule has 2 aromatic heterocycles. The largest absolute Gasteiger partial charge is 0.397 e. The second-order valence-corrected chi connectivity index (χ2v) is 10.1. The monoisotopic (exact) mass is 480 g/mol. The van der Waals surface area contributed by atoms with Crippen molar-refractivity contribution in [2.24, 2.45) is 13.0 Å². The van der Waals surface area contributed by atoms with Gasteiger partial charge in [0, 0.05) is 20.1 Å². The molecule has 0 unspecified atom stereocenters. The quantitative estimate of drug-likeness (QED) is 0.457. The summed E-state index contributed by atoms with van der Waals surface area (Å²) in [5.41, 5.74) is 8.54. The number of ether oxygens (including phenoxy) is 1. The van der Waals surface area contributed by atoms with E-state index in [1.807, 2.05) is 45.2 Å². The first kappa shape index (κ1) is 23.8. The third-order valence-corrected chi connectivity index (χ3v) is 7.26. The molecule has 10 nitrogen and oxygen atoms in total. The van der Waals surface area contributed by atoms with Crippen LogP contribution in [0.1, 0.15) is 32.5 Å². The van der Waals surface area contributed by atoms with Crippen molar-refractivity contribution in [2.45, 2.75) is 38.8 Å². The number of aromatic nitrogens is 4. The molecule has 0 saturated carbocycles. The Morgan fingerprint density at radius 2 is 1.80 bits per heavy atom. The maximum absolute atomic E-state index is 10.4. The number of likely N-dealkylation sites (tertiary alicyclic amines) is 1. The highest BCUT2D eigenvalue weighted by Gasteiger charge is 2.31. The van der Waals surface area contributed by atoms with Crippen LogP contribution in [0.15, 0.2) is 24.3 Å². The molecule has 5 rings (SSSR count). The molecule has 2 aliphatic heterocycles. The Morgan fingerprint density at radius 3 is 2.49 bits per heavy atom. The van der Waals surface area contributed by atoms with Gasteiger partial charge >= 0.3 is 0 Å². The predicted octanol–water partition coefficient (Wildman–Crippen LogP) is 2.51. The summed E-state index contributed by atoms with van der Waals surface area (Å²) in [6.07, 6.45) is 1.97. The first-order valence-electron chi connectivity index (χ1n) is 12.4. The maximum Gasteiger partial charge on any atom is 0.231 e. The fourth-order valence-corrected chi connectivity index (χ4v) is 5.01. The molecule has 3 aromatic rings. The molecular weight excluding hydrogens is 444 g/mol. The zero-order valence-electron chi connectivity index (χ0n) is 20.9. The van der Waals surface area contributed by atoms with Gasteiger partial charge in [0.25, 0.3) is 0 Å². The zero-order valence-corrected chi connectivity index (χ0v) is 20.9. The SMILES string of the molecule is Cn1c(CN2CCC(C(C)(C)O)CC2)nc2c(N3CCOCC3)nc(Nc3ccccc3N)nc21. The number of piperidine rings is 1. The summed E-state index contributed by atoms with van der Waals surface area (Å²) in [6, 6.07) is 7.61. The van der Waals surface area contributed by atoms with Crippen LogP contribution in [0, 0.1) is 5.92 Å². The highest BCUT2D eigenvalue weighted by atomic mass is 16.5. The van der Waals surface area contributed by atoms with Crippen LogP contribution in [0.3, 0.4) is 0 Å². The lowest BCUT2D eigenvalue weighted by Gasteiger charge is -2.37.